The van der Waals surface area contributed by atoms with E-state index in [2.05, 4.69) is 26.2 Å². The molecule has 18 heavy (non-hydrogen) atoms. The number of aromatic nitrogens is 1. The monoisotopic (exact) mass is 330 g/mol. The first-order valence-corrected chi connectivity index (χ1v) is 7.65. The van der Waals surface area contributed by atoms with Crippen molar-refractivity contribution in [2.75, 3.05) is 5.33 Å². The number of carbonyl (C=O) groups is 1. The molecule has 0 atom stereocenters. The summed E-state index contributed by atoms with van der Waals surface area (Å²) in [5.74, 6) is -0.108. The maximum Gasteiger partial charge on any atom is 0.253 e. The number of amides is 1. The van der Waals surface area contributed by atoms with Crippen LogP contribution in [-0.4, -0.2) is 21.8 Å². The zero-order chi connectivity index (χ0) is 13.0. The Hall–Kier alpha value is -0.610. The van der Waals surface area contributed by atoms with Crippen LogP contribution in [0.5, 0.6) is 0 Å². The lowest BCUT2D eigenvalue weighted by molar-refractivity contribution is 0.0886. The Balaban J connectivity index is 2.13. The SMILES string of the molecule is O=C(NC1(CBr)CCCCC1)c1ccncc1Cl. The average molecular weight is 332 g/mol. The molecule has 1 heterocycles. The molecule has 3 nitrogen and oxygen atoms in total. The van der Waals surface area contributed by atoms with Crippen LogP contribution in [0, 0.1) is 0 Å². The van der Waals surface area contributed by atoms with Crippen LogP contribution in [0.2, 0.25) is 5.02 Å². The van der Waals surface area contributed by atoms with Gasteiger partial charge in [0.05, 0.1) is 16.1 Å². The van der Waals surface area contributed by atoms with E-state index in [0.29, 0.717) is 10.6 Å². The van der Waals surface area contributed by atoms with Crippen molar-refractivity contribution in [3.05, 3.63) is 29.0 Å². The Labute approximate surface area is 120 Å². The topological polar surface area (TPSA) is 42.0 Å². The predicted octanol–water partition coefficient (Wildman–Crippen LogP) is 3.56. The van der Waals surface area contributed by atoms with E-state index in [4.69, 9.17) is 11.6 Å². The van der Waals surface area contributed by atoms with Gasteiger partial charge in [-0.15, -0.1) is 0 Å². The standard InChI is InChI=1S/C13H16BrClN2O/c14-9-13(5-2-1-3-6-13)17-12(18)10-4-7-16-8-11(10)15/h4,7-8H,1-3,5-6,9H2,(H,17,18). The molecule has 0 radical (unpaired) electrons. The molecule has 0 aliphatic heterocycles. The quantitative estimate of drug-likeness (QED) is 0.860. The van der Waals surface area contributed by atoms with Gasteiger partial charge in [0.25, 0.3) is 5.91 Å². The van der Waals surface area contributed by atoms with Crippen LogP contribution in [0.25, 0.3) is 0 Å². The molecule has 1 aromatic rings. The molecule has 1 amide bonds. The number of halogens is 2. The Morgan fingerprint density at radius 3 is 2.78 bits per heavy atom. The second-order valence-corrected chi connectivity index (χ2v) is 5.75. The third kappa shape index (κ3) is 3.04. The van der Waals surface area contributed by atoms with Crippen molar-refractivity contribution in [2.24, 2.45) is 0 Å². The van der Waals surface area contributed by atoms with Crippen LogP contribution in [-0.2, 0) is 0 Å². The molecular weight excluding hydrogens is 316 g/mol. The lowest BCUT2D eigenvalue weighted by atomic mass is 9.83. The number of carbonyl (C=O) groups excluding carboxylic acids is 1. The highest BCUT2D eigenvalue weighted by atomic mass is 79.9. The van der Waals surface area contributed by atoms with Crippen molar-refractivity contribution in [3.63, 3.8) is 0 Å². The number of hydrogen-bond donors (Lipinski definition) is 1. The molecule has 2 rings (SSSR count). The number of nitrogens with one attached hydrogen (secondary N) is 1. The zero-order valence-corrected chi connectivity index (χ0v) is 12.4. The van der Waals surface area contributed by atoms with Crippen LogP contribution >= 0.6 is 27.5 Å². The van der Waals surface area contributed by atoms with Gasteiger partial charge in [0.1, 0.15) is 0 Å². The van der Waals surface area contributed by atoms with Gasteiger partial charge in [0.2, 0.25) is 0 Å². The molecule has 0 aromatic carbocycles. The lowest BCUT2D eigenvalue weighted by Crippen LogP contribution is -2.51. The molecule has 0 unspecified atom stereocenters. The van der Waals surface area contributed by atoms with E-state index in [1.165, 1.54) is 12.6 Å². The fourth-order valence-corrected chi connectivity index (χ4v) is 3.29. The molecule has 1 N–H and O–H groups in total. The minimum atomic E-state index is -0.123. The number of pyridine rings is 1. The van der Waals surface area contributed by atoms with Gasteiger partial charge in [-0.2, -0.15) is 0 Å². The molecule has 0 bridgehead atoms. The number of rotatable bonds is 3. The highest BCUT2D eigenvalue weighted by Crippen LogP contribution is 2.30. The van der Waals surface area contributed by atoms with Crippen LogP contribution in [0.4, 0.5) is 0 Å². The van der Waals surface area contributed by atoms with E-state index in [1.54, 1.807) is 12.3 Å². The van der Waals surface area contributed by atoms with Crippen molar-refractivity contribution in [1.82, 2.24) is 10.3 Å². The van der Waals surface area contributed by atoms with E-state index >= 15 is 0 Å². The van der Waals surface area contributed by atoms with Crippen LogP contribution in [0.3, 0.4) is 0 Å². The molecule has 5 heteroatoms. The first-order chi connectivity index (χ1) is 8.67. The van der Waals surface area contributed by atoms with Gasteiger partial charge in [-0.25, -0.2) is 0 Å². The summed E-state index contributed by atoms with van der Waals surface area (Å²) in [5, 5.41) is 4.33. The highest BCUT2D eigenvalue weighted by molar-refractivity contribution is 9.09. The van der Waals surface area contributed by atoms with E-state index in [-0.39, 0.29) is 11.4 Å². The predicted molar refractivity (Wildman–Crippen MR) is 76.3 cm³/mol. The summed E-state index contributed by atoms with van der Waals surface area (Å²) in [4.78, 5) is 16.1. The van der Waals surface area contributed by atoms with Gasteiger partial charge in [0, 0.05) is 17.7 Å². The summed E-state index contributed by atoms with van der Waals surface area (Å²) in [5.41, 5.74) is 0.375. The Morgan fingerprint density at radius 2 is 2.17 bits per heavy atom. The minimum absolute atomic E-state index is 0.108. The molecule has 0 saturated heterocycles. The number of hydrogen-bond acceptors (Lipinski definition) is 2. The van der Waals surface area contributed by atoms with Crippen molar-refractivity contribution >= 4 is 33.4 Å². The maximum absolute atomic E-state index is 12.3. The van der Waals surface area contributed by atoms with Crippen LogP contribution in [0.1, 0.15) is 42.5 Å². The van der Waals surface area contributed by atoms with Gasteiger partial charge in [0.15, 0.2) is 0 Å². The molecule has 1 aromatic heterocycles. The van der Waals surface area contributed by atoms with Gasteiger partial charge in [-0.3, -0.25) is 9.78 Å². The summed E-state index contributed by atoms with van der Waals surface area (Å²) in [6.45, 7) is 0. The normalized spacial score (nSPS) is 18.3. The number of alkyl halides is 1. The summed E-state index contributed by atoms with van der Waals surface area (Å²) < 4.78 is 0. The molecular formula is C13H16BrClN2O. The van der Waals surface area contributed by atoms with E-state index in [9.17, 15) is 4.79 Å². The smallest absolute Gasteiger partial charge is 0.253 e. The number of nitrogens with zero attached hydrogens (tertiary/aromatic N) is 1. The summed E-state index contributed by atoms with van der Waals surface area (Å²) in [6, 6.07) is 1.66. The second-order valence-electron chi connectivity index (χ2n) is 4.78. The van der Waals surface area contributed by atoms with Gasteiger partial charge < -0.3 is 5.32 Å². The van der Waals surface area contributed by atoms with E-state index in [0.717, 1.165) is 31.0 Å². The molecule has 0 spiro atoms. The van der Waals surface area contributed by atoms with Crippen molar-refractivity contribution in [2.45, 2.75) is 37.6 Å². The van der Waals surface area contributed by atoms with Gasteiger partial charge in [-0.05, 0) is 18.9 Å². The first kappa shape index (κ1) is 13.8. The third-order valence-electron chi connectivity index (χ3n) is 3.46. The highest BCUT2D eigenvalue weighted by Gasteiger charge is 2.33. The summed E-state index contributed by atoms with van der Waals surface area (Å²) in [6.07, 6.45) is 8.70. The zero-order valence-electron chi connectivity index (χ0n) is 10.1. The minimum Gasteiger partial charge on any atom is -0.346 e. The molecule has 98 valence electrons. The molecule has 1 aliphatic carbocycles. The van der Waals surface area contributed by atoms with Crippen LogP contribution < -0.4 is 5.32 Å². The fourth-order valence-electron chi connectivity index (χ4n) is 2.39. The largest absolute Gasteiger partial charge is 0.346 e. The van der Waals surface area contributed by atoms with Gasteiger partial charge in [-0.1, -0.05) is 46.8 Å². The van der Waals surface area contributed by atoms with Crippen LogP contribution in [0.15, 0.2) is 18.5 Å². The van der Waals surface area contributed by atoms with Gasteiger partial charge >= 0.3 is 0 Å². The molecule has 1 aliphatic rings. The van der Waals surface area contributed by atoms with E-state index in [1.807, 2.05) is 0 Å². The summed E-state index contributed by atoms with van der Waals surface area (Å²) >= 11 is 9.52. The lowest BCUT2D eigenvalue weighted by Gasteiger charge is -2.36. The summed E-state index contributed by atoms with van der Waals surface area (Å²) in [7, 11) is 0. The maximum atomic E-state index is 12.3. The fraction of sp³-hybridized carbons (Fsp3) is 0.538. The first-order valence-electron chi connectivity index (χ1n) is 6.15. The van der Waals surface area contributed by atoms with Crippen molar-refractivity contribution in [1.29, 1.82) is 0 Å². The average Bonchev–Trinajstić information content (AvgIpc) is 2.40. The second kappa shape index (κ2) is 6.02. The van der Waals surface area contributed by atoms with E-state index < -0.39 is 0 Å². The Morgan fingerprint density at radius 1 is 1.44 bits per heavy atom. The third-order valence-corrected chi connectivity index (χ3v) is 4.84. The van der Waals surface area contributed by atoms with Crippen molar-refractivity contribution in [3.8, 4) is 0 Å². The Kier molecular flexibility index (Phi) is 4.62. The Bertz CT molecular complexity index is 433. The van der Waals surface area contributed by atoms with Crippen molar-refractivity contribution < 1.29 is 4.79 Å². The molecule has 1 fully saturated rings. The molecule has 1 saturated carbocycles.